The number of carbonyl (C=O) groups is 1. The highest BCUT2D eigenvalue weighted by atomic mass is 16.5. The standard InChI is InChI=1S/C21H23N3O3/c1-26-17-8-9-18(19(14-17)27-2)23-20(25)24-12-10-21(15-22,11-13-24)16-6-4-3-5-7-16/h3-9,14H,10-13H2,1-2H3,(H,23,25). The average Bonchev–Trinajstić information content (AvgIpc) is 2.74. The van der Waals surface area contributed by atoms with Gasteiger partial charge < -0.3 is 19.7 Å². The van der Waals surface area contributed by atoms with E-state index in [2.05, 4.69) is 11.4 Å². The molecule has 1 aliphatic rings. The van der Waals surface area contributed by atoms with Crippen LogP contribution in [0, 0.1) is 11.3 Å². The molecule has 1 heterocycles. The van der Waals surface area contributed by atoms with Gasteiger partial charge in [0.05, 0.1) is 31.4 Å². The van der Waals surface area contributed by atoms with Crippen molar-refractivity contribution in [3.63, 3.8) is 0 Å². The minimum Gasteiger partial charge on any atom is -0.497 e. The zero-order valence-corrected chi connectivity index (χ0v) is 15.6. The maximum atomic E-state index is 12.7. The van der Waals surface area contributed by atoms with Crippen molar-refractivity contribution in [2.75, 3.05) is 32.6 Å². The predicted molar refractivity (Wildman–Crippen MR) is 103 cm³/mol. The predicted octanol–water partition coefficient (Wildman–Crippen LogP) is 3.79. The lowest BCUT2D eigenvalue weighted by molar-refractivity contribution is 0.183. The summed E-state index contributed by atoms with van der Waals surface area (Å²) in [5.41, 5.74) is 1.07. The van der Waals surface area contributed by atoms with E-state index in [1.54, 1.807) is 37.3 Å². The summed E-state index contributed by atoms with van der Waals surface area (Å²) in [5, 5.41) is 12.7. The molecule has 140 valence electrons. The molecule has 1 aliphatic heterocycles. The normalized spacial score (nSPS) is 15.5. The number of hydrogen-bond acceptors (Lipinski definition) is 4. The lowest BCUT2D eigenvalue weighted by Crippen LogP contribution is -2.46. The third-order valence-corrected chi connectivity index (χ3v) is 5.09. The molecule has 0 aromatic heterocycles. The van der Waals surface area contributed by atoms with Crippen molar-refractivity contribution < 1.29 is 14.3 Å². The molecule has 0 radical (unpaired) electrons. The second-order valence-corrected chi connectivity index (χ2v) is 6.54. The summed E-state index contributed by atoms with van der Waals surface area (Å²) in [6.45, 7) is 1.04. The molecule has 2 aromatic carbocycles. The SMILES string of the molecule is COc1ccc(NC(=O)N2CCC(C#N)(c3ccccc3)CC2)c(OC)c1. The number of urea groups is 1. The summed E-state index contributed by atoms with van der Waals surface area (Å²) in [5.74, 6) is 1.19. The molecule has 1 N–H and O–H groups in total. The summed E-state index contributed by atoms with van der Waals surface area (Å²) in [7, 11) is 3.13. The van der Waals surface area contributed by atoms with Crippen LogP contribution in [0.3, 0.4) is 0 Å². The topological polar surface area (TPSA) is 74.6 Å². The number of ether oxygens (including phenoxy) is 2. The number of benzene rings is 2. The third kappa shape index (κ3) is 3.82. The van der Waals surface area contributed by atoms with Gasteiger partial charge in [-0.2, -0.15) is 5.26 Å². The zero-order valence-electron chi connectivity index (χ0n) is 15.6. The van der Waals surface area contributed by atoms with Crippen LogP contribution in [0.15, 0.2) is 48.5 Å². The number of rotatable bonds is 4. The van der Waals surface area contributed by atoms with E-state index in [9.17, 15) is 10.1 Å². The summed E-state index contributed by atoms with van der Waals surface area (Å²) in [6, 6.07) is 17.3. The Balaban J connectivity index is 1.68. The molecule has 1 fully saturated rings. The monoisotopic (exact) mass is 365 g/mol. The highest BCUT2D eigenvalue weighted by Crippen LogP contribution is 2.35. The van der Waals surface area contributed by atoms with Gasteiger partial charge in [-0.3, -0.25) is 0 Å². The molecule has 0 aliphatic carbocycles. The van der Waals surface area contributed by atoms with E-state index in [0.717, 1.165) is 5.56 Å². The summed E-state index contributed by atoms with van der Waals surface area (Å²) in [4.78, 5) is 14.4. The van der Waals surface area contributed by atoms with E-state index in [-0.39, 0.29) is 6.03 Å². The van der Waals surface area contributed by atoms with Gasteiger partial charge in [0.1, 0.15) is 11.5 Å². The summed E-state index contributed by atoms with van der Waals surface area (Å²) in [6.07, 6.45) is 1.22. The molecule has 2 aromatic rings. The Morgan fingerprint density at radius 1 is 1.11 bits per heavy atom. The molecule has 3 rings (SSSR count). The first-order valence-electron chi connectivity index (χ1n) is 8.86. The van der Waals surface area contributed by atoms with Crippen LogP contribution >= 0.6 is 0 Å². The first-order chi connectivity index (χ1) is 13.1. The average molecular weight is 365 g/mol. The van der Waals surface area contributed by atoms with Gasteiger partial charge in [0.25, 0.3) is 0 Å². The van der Waals surface area contributed by atoms with Crippen LogP contribution in [0.1, 0.15) is 18.4 Å². The van der Waals surface area contributed by atoms with E-state index >= 15 is 0 Å². The molecule has 1 saturated heterocycles. The zero-order chi connectivity index (χ0) is 19.3. The van der Waals surface area contributed by atoms with Gasteiger partial charge in [0, 0.05) is 19.2 Å². The number of hydrogen-bond donors (Lipinski definition) is 1. The summed E-state index contributed by atoms with van der Waals surface area (Å²) < 4.78 is 10.5. The second-order valence-electron chi connectivity index (χ2n) is 6.54. The fraction of sp³-hybridized carbons (Fsp3) is 0.333. The van der Waals surface area contributed by atoms with E-state index in [1.807, 2.05) is 30.3 Å². The maximum absolute atomic E-state index is 12.7. The Bertz CT molecular complexity index is 837. The number of likely N-dealkylation sites (tertiary alicyclic amines) is 1. The third-order valence-electron chi connectivity index (χ3n) is 5.09. The van der Waals surface area contributed by atoms with Crippen molar-refractivity contribution in [3.05, 3.63) is 54.1 Å². The van der Waals surface area contributed by atoms with Crippen LogP contribution in [0.4, 0.5) is 10.5 Å². The molecule has 0 bridgehead atoms. The van der Waals surface area contributed by atoms with Crippen molar-refractivity contribution in [2.45, 2.75) is 18.3 Å². The molecule has 2 amide bonds. The highest BCUT2D eigenvalue weighted by molar-refractivity contribution is 5.91. The minimum atomic E-state index is -0.532. The quantitative estimate of drug-likeness (QED) is 0.894. The second kappa shape index (κ2) is 8.00. The molecular weight excluding hydrogens is 342 g/mol. The van der Waals surface area contributed by atoms with Gasteiger partial charge in [0.2, 0.25) is 0 Å². The van der Waals surface area contributed by atoms with Crippen LogP contribution in [0.25, 0.3) is 0 Å². The Kier molecular flexibility index (Phi) is 5.51. The number of nitriles is 1. The van der Waals surface area contributed by atoms with Crippen molar-refractivity contribution in [2.24, 2.45) is 0 Å². The first-order valence-corrected chi connectivity index (χ1v) is 8.86. The number of amides is 2. The number of anilines is 1. The fourth-order valence-corrected chi connectivity index (χ4v) is 3.41. The molecule has 0 unspecified atom stereocenters. The van der Waals surface area contributed by atoms with Gasteiger partial charge in [-0.15, -0.1) is 0 Å². The van der Waals surface area contributed by atoms with Crippen molar-refractivity contribution in [3.8, 4) is 17.6 Å². The van der Waals surface area contributed by atoms with E-state index in [0.29, 0.717) is 43.1 Å². The Hall–Kier alpha value is -3.20. The van der Waals surface area contributed by atoms with Crippen LogP contribution < -0.4 is 14.8 Å². The van der Waals surface area contributed by atoms with Gasteiger partial charge in [0.15, 0.2) is 0 Å². The molecule has 0 spiro atoms. The molecule has 6 nitrogen and oxygen atoms in total. The number of piperidine rings is 1. The largest absolute Gasteiger partial charge is 0.497 e. The van der Waals surface area contributed by atoms with Gasteiger partial charge in [-0.05, 0) is 30.5 Å². The molecule has 27 heavy (non-hydrogen) atoms. The Morgan fingerprint density at radius 3 is 2.41 bits per heavy atom. The lowest BCUT2D eigenvalue weighted by atomic mass is 9.74. The maximum Gasteiger partial charge on any atom is 0.321 e. The fourth-order valence-electron chi connectivity index (χ4n) is 3.41. The smallest absolute Gasteiger partial charge is 0.321 e. The van der Waals surface area contributed by atoms with Gasteiger partial charge in [-0.1, -0.05) is 30.3 Å². The van der Waals surface area contributed by atoms with Crippen LogP contribution in [-0.4, -0.2) is 38.2 Å². The number of methoxy groups -OCH3 is 2. The van der Waals surface area contributed by atoms with E-state index in [4.69, 9.17) is 9.47 Å². The van der Waals surface area contributed by atoms with Crippen LogP contribution in [0.2, 0.25) is 0 Å². The van der Waals surface area contributed by atoms with E-state index < -0.39 is 5.41 Å². The van der Waals surface area contributed by atoms with Crippen molar-refractivity contribution in [1.29, 1.82) is 5.26 Å². The number of nitrogens with zero attached hydrogens (tertiary/aromatic N) is 2. The summed E-state index contributed by atoms with van der Waals surface area (Å²) >= 11 is 0. The first kappa shape index (κ1) is 18.6. The molecule has 0 atom stereocenters. The van der Waals surface area contributed by atoms with Gasteiger partial charge >= 0.3 is 6.03 Å². The Labute approximate surface area is 159 Å². The highest BCUT2D eigenvalue weighted by Gasteiger charge is 2.37. The van der Waals surface area contributed by atoms with Gasteiger partial charge in [-0.25, -0.2) is 4.79 Å². The molecular formula is C21H23N3O3. The van der Waals surface area contributed by atoms with Crippen molar-refractivity contribution >= 4 is 11.7 Å². The molecule has 0 saturated carbocycles. The molecule has 6 heteroatoms. The number of carbonyl (C=O) groups excluding carboxylic acids is 1. The Morgan fingerprint density at radius 2 is 1.81 bits per heavy atom. The van der Waals surface area contributed by atoms with Crippen LogP contribution in [-0.2, 0) is 5.41 Å². The lowest BCUT2D eigenvalue weighted by Gasteiger charge is -2.37. The van der Waals surface area contributed by atoms with Crippen molar-refractivity contribution in [1.82, 2.24) is 4.90 Å². The number of nitrogens with one attached hydrogen (secondary N) is 1. The van der Waals surface area contributed by atoms with Crippen LogP contribution in [0.5, 0.6) is 11.5 Å². The minimum absolute atomic E-state index is 0.196. The van der Waals surface area contributed by atoms with E-state index in [1.165, 1.54) is 0 Å².